The number of H-pyrrole nitrogens is 1. The number of halogens is 1. The minimum absolute atomic E-state index is 0.0583. The van der Waals surface area contributed by atoms with Gasteiger partial charge < -0.3 is 10.1 Å². The van der Waals surface area contributed by atoms with Crippen molar-refractivity contribution in [2.75, 3.05) is 0 Å². The van der Waals surface area contributed by atoms with Gasteiger partial charge in [-0.05, 0) is 31.0 Å². The maximum absolute atomic E-state index is 13.3. The topological polar surface area (TPSA) is 48.4 Å². The standard InChI is InChI=1S/C16H19FN2O/c17-11-7-8-15-13(9-11)14(16(20)19-15)10-18-12-5-3-1-2-4-6-12/h7-10,12,19-20H,1-6H2. The molecule has 0 atom stereocenters. The van der Waals surface area contributed by atoms with Crippen molar-refractivity contribution < 1.29 is 9.50 Å². The highest BCUT2D eigenvalue weighted by atomic mass is 19.1. The number of nitrogens with one attached hydrogen (secondary N) is 1. The Balaban J connectivity index is 1.89. The lowest BCUT2D eigenvalue weighted by molar-refractivity contribution is 0.457. The molecule has 1 aliphatic carbocycles. The third-order valence-electron chi connectivity index (χ3n) is 4.02. The molecule has 1 fully saturated rings. The third-order valence-corrected chi connectivity index (χ3v) is 4.02. The quantitative estimate of drug-likeness (QED) is 0.627. The molecule has 3 rings (SSSR count). The molecule has 1 aliphatic rings. The second-order valence-corrected chi connectivity index (χ2v) is 5.50. The first-order chi connectivity index (χ1) is 9.74. The van der Waals surface area contributed by atoms with Gasteiger partial charge in [0.2, 0.25) is 0 Å². The van der Waals surface area contributed by atoms with E-state index in [1.54, 1.807) is 12.3 Å². The number of rotatable bonds is 2. The lowest BCUT2D eigenvalue weighted by Crippen LogP contribution is -2.02. The van der Waals surface area contributed by atoms with E-state index in [0.717, 1.165) is 18.4 Å². The second kappa shape index (κ2) is 5.65. The van der Waals surface area contributed by atoms with E-state index in [0.29, 0.717) is 17.0 Å². The number of aliphatic imine (C=N–C) groups is 1. The average molecular weight is 274 g/mol. The van der Waals surface area contributed by atoms with E-state index in [9.17, 15) is 9.50 Å². The molecule has 2 N–H and O–H groups in total. The smallest absolute Gasteiger partial charge is 0.198 e. The molecule has 20 heavy (non-hydrogen) atoms. The fraction of sp³-hybridized carbons (Fsp3) is 0.438. The van der Waals surface area contributed by atoms with Crippen molar-refractivity contribution in [3.8, 4) is 5.88 Å². The zero-order valence-electron chi connectivity index (χ0n) is 11.4. The Labute approximate surface area is 117 Å². The number of hydrogen-bond acceptors (Lipinski definition) is 2. The van der Waals surface area contributed by atoms with Crippen molar-refractivity contribution in [3.05, 3.63) is 29.6 Å². The first-order valence-electron chi connectivity index (χ1n) is 7.27. The summed E-state index contributed by atoms with van der Waals surface area (Å²) in [4.78, 5) is 7.45. The Hall–Kier alpha value is -1.84. The normalized spacial score (nSPS) is 17.9. The van der Waals surface area contributed by atoms with Crippen LogP contribution in [0.15, 0.2) is 23.2 Å². The summed E-state index contributed by atoms with van der Waals surface area (Å²) >= 11 is 0. The zero-order valence-corrected chi connectivity index (χ0v) is 11.4. The summed E-state index contributed by atoms with van der Waals surface area (Å²) < 4.78 is 13.3. The largest absolute Gasteiger partial charge is 0.494 e. The molecule has 1 aromatic carbocycles. The fourth-order valence-corrected chi connectivity index (χ4v) is 2.89. The van der Waals surface area contributed by atoms with Crippen LogP contribution in [0.25, 0.3) is 10.9 Å². The molecule has 1 saturated carbocycles. The van der Waals surface area contributed by atoms with Gasteiger partial charge in [0.05, 0.1) is 5.56 Å². The van der Waals surface area contributed by atoms with Gasteiger partial charge in [-0.3, -0.25) is 4.99 Å². The van der Waals surface area contributed by atoms with E-state index in [1.165, 1.54) is 37.8 Å². The van der Waals surface area contributed by atoms with E-state index in [4.69, 9.17) is 0 Å². The summed E-state index contributed by atoms with van der Waals surface area (Å²) in [5.41, 5.74) is 1.31. The number of aromatic hydroxyl groups is 1. The predicted molar refractivity (Wildman–Crippen MR) is 79.0 cm³/mol. The molecule has 106 valence electrons. The van der Waals surface area contributed by atoms with Crippen LogP contribution in [0.2, 0.25) is 0 Å². The molecule has 1 heterocycles. The lowest BCUT2D eigenvalue weighted by Gasteiger charge is -2.07. The third kappa shape index (κ3) is 2.69. The van der Waals surface area contributed by atoms with Gasteiger partial charge in [-0.25, -0.2) is 4.39 Å². The zero-order chi connectivity index (χ0) is 13.9. The van der Waals surface area contributed by atoms with Gasteiger partial charge in [0.15, 0.2) is 5.88 Å². The van der Waals surface area contributed by atoms with Gasteiger partial charge in [0.25, 0.3) is 0 Å². The minimum atomic E-state index is -0.305. The molecule has 1 aromatic heterocycles. The van der Waals surface area contributed by atoms with Gasteiger partial charge in [0.1, 0.15) is 5.82 Å². The van der Waals surface area contributed by atoms with Crippen LogP contribution >= 0.6 is 0 Å². The highest BCUT2D eigenvalue weighted by molar-refractivity contribution is 6.02. The van der Waals surface area contributed by atoms with Gasteiger partial charge in [0, 0.05) is 23.2 Å². The summed E-state index contributed by atoms with van der Waals surface area (Å²) in [6.45, 7) is 0. The van der Waals surface area contributed by atoms with Gasteiger partial charge >= 0.3 is 0 Å². The first-order valence-corrected chi connectivity index (χ1v) is 7.27. The van der Waals surface area contributed by atoms with Crippen molar-refractivity contribution >= 4 is 17.1 Å². The highest BCUT2D eigenvalue weighted by Crippen LogP contribution is 2.27. The maximum atomic E-state index is 13.3. The summed E-state index contributed by atoms with van der Waals surface area (Å²) in [6.07, 6.45) is 8.92. The molecule has 0 bridgehead atoms. The molecular weight excluding hydrogens is 255 g/mol. The van der Waals surface area contributed by atoms with Gasteiger partial charge in [-0.1, -0.05) is 25.7 Å². The van der Waals surface area contributed by atoms with Crippen molar-refractivity contribution in [2.45, 2.75) is 44.6 Å². The molecule has 2 aromatic rings. The summed E-state index contributed by atoms with van der Waals surface area (Å²) in [6, 6.07) is 4.77. The molecule has 0 radical (unpaired) electrons. The number of aromatic nitrogens is 1. The molecule has 0 aliphatic heterocycles. The monoisotopic (exact) mass is 274 g/mol. The van der Waals surface area contributed by atoms with Crippen molar-refractivity contribution in [1.29, 1.82) is 0 Å². The van der Waals surface area contributed by atoms with E-state index in [2.05, 4.69) is 9.98 Å². The van der Waals surface area contributed by atoms with E-state index < -0.39 is 0 Å². The lowest BCUT2D eigenvalue weighted by atomic mass is 10.1. The second-order valence-electron chi connectivity index (χ2n) is 5.50. The van der Waals surface area contributed by atoms with Crippen molar-refractivity contribution in [3.63, 3.8) is 0 Å². The number of fused-ring (bicyclic) bond motifs is 1. The Kier molecular flexibility index (Phi) is 3.72. The maximum Gasteiger partial charge on any atom is 0.198 e. The number of hydrogen-bond donors (Lipinski definition) is 2. The van der Waals surface area contributed by atoms with Crippen LogP contribution in [0.1, 0.15) is 44.1 Å². The Morgan fingerprint density at radius 3 is 2.70 bits per heavy atom. The number of benzene rings is 1. The molecular formula is C16H19FN2O. The van der Waals surface area contributed by atoms with Crippen LogP contribution in [-0.2, 0) is 0 Å². The van der Waals surface area contributed by atoms with E-state index in [1.807, 2.05) is 0 Å². The van der Waals surface area contributed by atoms with Crippen LogP contribution in [0.5, 0.6) is 5.88 Å². The van der Waals surface area contributed by atoms with E-state index in [-0.39, 0.29) is 11.7 Å². The Morgan fingerprint density at radius 1 is 1.20 bits per heavy atom. The van der Waals surface area contributed by atoms with E-state index >= 15 is 0 Å². The molecule has 0 unspecified atom stereocenters. The Morgan fingerprint density at radius 2 is 1.95 bits per heavy atom. The van der Waals surface area contributed by atoms with Gasteiger partial charge in [-0.2, -0.15) is 0 Å². The SMILES string of the molecule is Oc1[nH]c2ccc(F)cc2c1C=NC1CCCCCC1. The molecule has 0 amide bonds. The van der Waals surface area contributed by atoms with Crippen LogP contribution in [0, 0.1) is 5.82 Å². The summed E-state index contributed by atoms with van der Waals surface area (Å²) in [5.74, 6) is -0.247. The first kappa shape index (κ1) is 13.2. The van der Waals surface area contributed by atoms with Crippen molar-refractivity contribution in [1.82, 2.24) is 4.98 Å². The van der Waals surface area contributed by atoms with Crippen LogP contribution in [0.3, 0.4) is 0 Å². The van der Waals surface area contributed by atoms with Crippen LogP contribution in [-0.4, -0.2) is 22.3 Å². The molecule has 4 heteroatoms. The summed E-state index contributed by atoms with van der Waals surface area (Å²) in [5, 5.41) is 10.6. The van der Waals surface area contributed by atoms with Gasteiger partial charge in [-0.15, -0.1) is 0 Å². The molecule has 3 nitrogen and oxygen atoms in total. The molecule has 0 saturated heterocycles. The predicted octanol–water partition coefficient (Wildman–Crippen LogP) is 4.15. The minimum Gasteiger partial charge on any atom is -0.494 e. The average Bonchev–Trinajstić information content (AvgIpc) is 2.63. The fourth-order valence-electron chi connectivity index (χ4n) is 2.89. The number of aromatic amines is 1. The Bertz CT molecular complexity index is 625. The highest BCUT2D eigenvalue weighted by Gasteiger charge is 2.12. The molecule has 0 spiro atoms. The van der Waals surface area contributed by atoms with Crippen LogP contribution < -0.4 is 0 Å². The summed E-state index contributed by atoms with van der Waals surface area (Å²) in [7, 11) is 0. The number of nitrogens with zero attached hydrogens (tertiary/aromatic N) is 1. The van der Waals surface area contributed by atoms with Crippen LogP contribution in [0.4, 0.5) is 4.39 Å². The van der Waals surface area contributed by atoms with Crippen molar-refractivity contribution in [2.24, 2.45) is 4.99 Å².